The van der Waals surface area contributed by atoms with Crippen molar-refractivity contribution in [3.63, 3.8) is 0 Å². The van der Waals surface area contributed by atoms with Crippen LogP contribution in [0.4, 0.5) is 5.69 Å². The Morgan fingerprint density at radius 3 is 1.61 bits per heavy atom. The van der Waals surface area contributed by atoms with Crippen molar-refractivity contribution in [1.82, 2.24) is 0 Å². The van der Waals surface area contributed by atoms with Gasteiger partial charge < -0.3 is 4.74 Å². The van der Waals surface area contributed by atoms with E-state index in [0.29, 0.717) is 21.1 Å². The third-order valence-corrected chi connectivity index (χ3v) is 6.94. The number of thioether (sulfide) groups is 2. The molecule has 0 atom stereocenters. The molecule has 0 aliphatic carbocycles. The second kappa shape index (κ2) is 10.1. The van der Waals surface area contributed by atoms with E-state index < -0.39 is 5.97 Å². The summed E-state index contributed by atoms with van der Waals surface area (Å²) in [7, 11) is 0. The molecule has 0 saturated carbocycles. The number of carbonyl (C=O) groups is 3. The van der Waals surface area contributed by atoms with Crippen LogP contribution in [0.25, 0.3) is 0 Å². The number of anilines is 1. The zero-order valence-electron chi connectivity index (χ0n) is 18.1. The van der Waals surface area contributed by atoms with Crippen molar-refractivity contribution < 1.29 is 19.1 Å². The summed E-state index contributed by atoms with van der Waals surface area (Å²) in [6.07, 6.45) is -0.238. The van der Waals surface area contributed by atoms with Crippen LogP contribution in [0, 0.1) is 0 Å². The lowest BCUT2D eigenvalue weighted by atomic mass is 10.2. The molecule has 2 amide bonds. The van der Waals surface area contributed by atoms with Crippen molar-refractivity contribution in [2.75, 3.05) is 4.90 Å². The molecule has 1 aliphatic rings. The molecule has 1 aliphatic heterocycles. The van der Waals surface area contributed by atoms with Crippen molar-refractivity contribution in [3.05, 3.63) is 100 Å². The first-order valence-corrected chi connectivity index (χ1v) is 12.0. The van der Waals surface area contributed by atoms with Crippen molar-refractivity contribution in [2.45, 2.75) is 29.7 Å². The van der Waals surface area contributed by atoms with E-state index in [2.05, 4.69) is 0 Å². The fourth-order valence-electron chi connectivity index (χ4n) is 3.15. The minimum atomic E-state index is -0.450. The molecular formula is C26H21NO4S2. The van der Waals surface area contributed by atoms with Gasteiger partial charge in [0.2, 0.25) is 0 Å². The maximum Gasteiger partial charge on any atom is 0.338 e. The van der Waals surface area contributed by atoms with Crippen LogP contribution in [-0.2, 0) is 14.3 Å². The maximum atomic E-state index is 13.4. The topological polar surface area (TPSA) is 63.7 Å². The van der Waals surface area contributed by atoms with Crippen molar-refractivity contribution in [3.8, 4) is 0 Å². The number of nitrogens with zero attached hydrogens (tertiary/aromatic N) is 1. The van der Waals surface area contributed by atoms with E-state index in [-0.39, 0.29) is 17.9 Å². The Kier molecular flexibility index (Phi) is 7.01. The molecule has 166 valence electrons. The molecule has 0 N–H and O–H groups in total. The number of imide groups is 1. The molecule has 3 aromatic carbocycles. The smallest absolute Gasteiger partial charge is 0.338 e. The van der Waals surface area contributed by atoms with E-state index in [0.717, 1.165) is 14.7 Å². The summed E-state index contributed by atoms with van der Waals surface area (Å²) >= 11 is 2.55. The van der Waals surface area contributed by atoms with Gasteiger partial charge in [-0.2, -0.15) is 0 Å². The number of carbonyl (C=O) groups excluding carboxylic acids is 3. The maximum absolute atomic E-state index is 13.4. The van der Waals surface area contributed by atoms with Crippen LogP contribution in [0.2, 0.25) is 0 Å². The average Bonchev–Trinajstić information content (AvgIpc) is 3.04. The highest BCUT2D eigenvalue weighted by molar-refractivity contribution is 8.08. The van der Waals surface area contributed by atoms with Gasteiger partial charge >= 0.3 is 5.97 Å². The first-order valence-electron chi connectivity index (χ1n) is 10.3. The van der Waals surface area contributed by atoms with E-state index in [1.807, 2.05) is 60.7 Å². The third kappa shape index (κ3) is 5.21. The SMILES string of the molecule is CC(C)OC(=O)c1ccc(N2C(=O)C(Sc3ccccc3)=C(Sc3ccccc3)C2=O)cc1. The molecule has 3 aromatic rings. The zero-order valence-corrected chi connectivity index (χ0v) is 19.7. The molecule has 7 heteroatoms. The Morgan fingerprint density at radius 1 is 0.727 bits per heavy atom. The zero-order chi connectivity index (χ0) is 23.4. The molecule has 0 spiro atoms. The standard InChI is InChI=1S/C26H21NO4S2/c1-17(2)31-26(30)18-13-15-19(16-14-18)27-24(28)22(32-20-9-5-3-6-10-20)23(25(27)29)33-21-11-7-4-8-12-21/h3-17H,1-2H3. The lowest BCUT2D eigenvalue weighted by molar-refractivity contribution is -0.120. The van der Waals surface area contributed by atoms with E-state index in [1.54, 1.807) is 38.1 Å². The molecule has 1 heterocycles. The minimum absolute atomic E-state index is 0.238. The largest absolute Gasteiger partial charge is 0.459 e. The Bertz CT molecular complexity index is 1140. The Labute approximate surface area is 200 Å². The van der Waals surface area contributed by atoms with E-state index in [1.165, 1.54) is 23.5 Å². The van der Waals surface area contributed by atoms with Crippen LogP contribution in [-0.4, -0.2) is 23.9 Å². The summed E-state index contributed by atoms with van der Waals surface area (Å²) in [5.41, 5.74) is 0.762. The average molecular weight is 476 g/mol. The molecule has 0 radical (unpaired) electrons. The second-order valence-corrected chi connectivity index (χ2v) is 9.60. The van der Waals surface area contributed by atoms with Gasteiger partial charge in [0.1, 0.15) is 0 Å². The van der Waals surface area contributed by atoms with Crippen molar-refractivity contribution in [1.29, 1.82) is 0 Å². The number of ether oxygens (including phenoxy) is 1. The molecule has 33 heavy (non-hydrogen) atoms. The fraction of sp³-hybridized carbons (Fsp3) is 0.115. The van der Waals surface area contributed by atoms with Crippen LogP contribution in [0.5, 0.6) is 0 Å². The van der Waals surface area contributed by atoms with E-state index in [9.17, 15) is 14.4 Å². The van der Waals surface area contributed by atoms with E-state index in [4.69, 9.17) is 4.74 Å². The van der Waals surface area contributed by atoms with Gasteiger partial charge in [0.15, 0.2) is 0 Å². The van der Waals surface area contributed by atoms with Gasteiger partial charge in [0, 0.05) is 9.79 Å². The van der Waals surface area contributed by atoms with Gasteiger partial charge in [0.05, 0.1) is 27.2 Å². The molecule has 0 aromatic heterocycles. The molecule has 5 nitrogen and oxygen atoms in total. The summed E-state index contributed by atoms with van der Waals surface area (Å²) in [4.78, 5) is 42.6. The molecule has 0 bridgehead atoms. The normalized spacial score (nSPS) is 13.7. The lowest BCUT2D eigenvalue weighted by Gasteiger charge is -2.16. The highest BCUT2D eigenvalue weighted by Crippen LogP contribution is 2.43. The number of benzene rings is 3. The Balaban J connectivity index is 1.65. The number of hydrogen-bond donors (Lipinski definition) is 0. The molecule has 0 unspecified atom stereocenters. The molecule has 0 fully saturated rings. The predicted octanol–water partition coefficient (Wildman–Crippen LogP) is 5.92. The first kappa shape index (κ1) is 22.9. The van der Waals surface area contributed by atoms with E-state index >= 15 is 0 Å². The Hall–Kier alpha value is -3.29. The Morgan fingerprint density at radius 2 is 1.18 bits per heavy atom. The quantitative estimate of drug-likeness (QED) is 0.312. The summed E-state index contributed by atoms with van der Waals surface area (Å²) in [6, 6.07) is 25.3. The summed E-state index contributed by atoms with van der Waals surface area (Å²) in [5.74, 6) is -1.22. The van der Waals surface area contributed by atoms with Gasteiger partial charge in [-0.1, -0.05) is 59.9 Å². The minimum Gasteiger partial charge on any atom is -0.459 e. The monoisotopic (exact) mass is 475 g/mol. The highest BCUT2D eigenvalue weighted by Gasteiger charge is 2.40. The molecule has 4 rings (SSSR count). The fourth-order valence-corrected chi connectivity index (χ4v) is 5.17. The van der Waals surface area contributed by atoms with Gasteiger partial charge in [-0.05, 0) is 62.4 Å². The molecular weight excluding hydrogens is 454 g/mol. The summed E-state index contributed by atoms with van der Waals surface area (Å²) in [6.45, 7) is 3.55. The van der Waals surface area contributed by atoms with Crippen LogP contribution in [0.15, 0.2) is 105 Å². The number of esters is 1. The predicted molar refractivity (Wildman–Crippen MR) is 131 cm³/mol. The van der Waals surface area contributed by atoms with Crippen LogP contribution >= 0.6 is 23.5 Å². The number of rotatable bonds is 7. The van der Waals surface area contributed by atoms with Gasteiger partial charge in [-0.25, -0.2) is 9.69 Å². The van der Waals surface area contributed by atoms with Gasteiger partial charge in [-0.3, -0.25) is 9.59 Å². The number of amides is 2. The first-order chi connectivity index (χ1) is 15.9. The van der Waals surface area contributed by atoms with Crippen molar-refractivity contribution >= 4 is 47.0 Å². The van der Waals surface area contributed by atoms with Gasteiger partial charge in [-0.15, -0.1) is 0 Å². The second-order valence-electron chi connectivity index (χ2n) is 7.44. The van der Waals surface area contributed by atoms with Gasteiger partial charge in [0.25, 0.3) is 11.8 Å². The third-order valence-electron chi connectivity index (χ3n) is 4.63. The molecule has 0 saturated heterocycles. The highest BCUT2D eigenvalue weighted by atomic mass is 32.2. The summed E-state index contributed by atoms with van der Waals surface area (Å²) < 4.78 is 5.21. The van der Waals surface area contributed by atoms with Crippen molar-refractivity contribution in [2.24, 2.45) is 0 Å². The van der Waals surface area contributed by atoms with Crippen LogP contribution in [0.3, 0.4) is 0 Å². The van der Waals surface area contributed by atoms with Crippen LogP contribution < -0.4 is 4.90 Å². The summed E-state index contributed by atoms with van der Waals surface area (Å²) in [5, 5.41) is 0. The lowest BCUT2D eigenvalue weighted by Crippen LogP contribution is -2.31. The van der Waals surface area contributed by atoms with Crippen LogP contribution in [0.1, 0.15) is 24.2 Å². The number of hydrogen-bond acceptors (Lipinski definition) is 6.